The molecular formula is C21H32O3. The maximum absolute atomic E-state index is 11.2. The molecule has 0 saturated carbocycles. The van der Waals surface area contributed by atoms with Crippen LogP contribution < -0.4 is 0 Å². The number of carbonyl (C=O) groups is 1. The van der Waals surface area contributed by atoms with Gasteiger partial charge in [-0.1, -0.05) is 34.9 Å². The SMILES string of the molecule is COC1OC(=O)C=C1CCC=C(C)CCC=C(C)CCC=C(C)C. The van der Waals surface area contributed by atoms with E-state index >= 15 is 0 Å². The molecule has 0 spiro atoms. The van der Waals surface area contributed by atoms with Crippen LogP contribution in [-0.2, 0) is 14.3 Å². The molecule has 0 fully saturated rings. The van der Waals surface area contributed by atoms with Crippen LogP contribution in [0.2, 0.25) is 0 Å². The van der Waals surface area contributed by atoms with Crippen LogP contribution in [0.15, 0.2) is 46.6 Å². The summed E-state index contributed by atoms with van der Waals surface area (Å²) in [7, 11) is 1.56. The van der Waals surface area contributed by atoms with Crippen LogP contribution >= 0.6 is 0 Å². The van der Waals surface area contributed by atoms with Gasteiger partial charge in [0.1, 0.15) is 0 Å². The number of methoxy groups -OCH3 is 1. The molecule has 0 bridgehead atoms. The Bertz CT molecular complexity index is 531. The Morgan fingerprint density at radius 3 is 2.21 bits per heavy atom. The summed E-state index contributed by atoms with van der Waals surface area (Å²) >= 11 is 0. The summed E-state index contributed by atoms with van der Waals surface area (Å²) in [5.74, 6) is -0.300. The van der Waals surface area contributed by atoms with Gasteiger partial charge < -0.3 is 9.47 Å². The standard InChI is InChI=1S/C21H32O3/c1-16(2)9-6-10-17(3)11-7-12-18(4)13-8-14-19-15-20(22)24-21(19)23-5/h9,11,13,15,21H,6-8,10,12,14H2,1-5H3. The van der Waals surface area contributed by atoms with Crippen molar-refractivity contribution in [3.05, 3.63) is 46.6 Å². The van der Waals surface area contributed by atoms with Crippen LogP contribution in [0.1, 0.15) is 66.2 Å². The Labute approximate surface area is 147 Å². The Kier molecular flexibility index (Phi) is 9.39. The molecule has 3 nitrogen and oxygen atoms in total. The average molecular weight is 332 g/mol. The number of esters is 1. The molecular weight excluding hydrogens is 300 g/mol. The van der Waals surface area contributed by atoms with Gasteiger partial charge in [-0.3, -0.25) is 0 Å². The molecule has 1 atom stereocenters. The van der Waals surface area contributed by atoms with Crippen LogP contribution in [0.3, 0.4) is 0 Å². The number of hydrogen-bond acceptors (Lipinski definition) is 3. The first kappa shape index (κ1) is 20.4. The highest BCUT2D eigenvalue weighted by atomic mass is 16.7. The Morgan fingerprint density at radius 1 is 1.04 bits per heavy atom. The summed E-state index contributed by atoms with van der Waals surface area (Å²) in [4.78, 5) is 11.2. The quantitative estimate of drug-likeness (QED) is 0.383. The average Bonchev–Trinajstić information content (AvgIpc) is 2.87. The third kappa shape index (κ3) is 8.30. The third-order valence-corrected chi connectivity index (χ3v) is 4.09. The molecule has 0 aromatic heterocycles. The topological polar surface area (TPSA) is 35.5 Å². The van der Waals surface area contributed by atoms with E-state index in [0.717, 1.165) is 44.1 Å². The van der Waals surface area contributed by atoms with Crippen molar-refractivity contribution >= 4 is 5.97 Å². The molecule has 134 valence electrons. The second-order valence-electron chi connectivity index (χ2n) is 6.72. The van der Waals surface area contributed by atoms with Gasteiger partial charge in [-0.2, -0.15) is 0 Å². The van der Waals surface area contributed by atoms with E-state index in [-0.39, 0.29) is 5.97 Å². The van der Waals surface area contributed by atoms with E-state index < -0.39 is 6.29 Å². The Balaban J connectivity index is 2.28. The van der Waals surface area contributed by atoms with Gasteiger partial charge in [0.2, 0.25) is 6.29 Å². The minimum Gasteiger partial charge on any atom is -0.428 e. The van der Waals surface area contributed by atoms with E-state index in [0.29, 0.717) is 0 Å². The molecule has 0 N–H and O–H groups in total. The fourth-order valence-corrected chi connectivity index (χ4v) is 2.65. The van der Waals surface area contributed by atoms with Crippen LogP contribution in [0.25, 0.3) is 0 Å². The lowest BCUT2D eigenvalue weighted by Gasteiger charge is -2.11. The monoisotopic (exact) mass is 332 g/mol. The van der Waals surface area contributed by atoms with Gasteiger partial charge in [-0.05, 0) is 66.2 Å². The van der Waals surface area contributed by atoms with E-state index in [1.807, 2.05) is 0 Å². The van der Waals surface area contributed by atoms with Crippen molar-refractivity contribution in [2.75, 3.05) is 7.11 Å². The summed E-state index contributed by atoms with van der Waals surface area (Å²) in [6, 6.07) is 0. The number of cyclic esters (lactones) is 1. The maximum atomic E-state index is 11.2. The first-order valence-electron chi connectivity index (χ1n) is 8.81. The zero-order chi connectivity index (χ0) is 17.9. The minimum atomic E-state index is -0.488. The molecule has 0 amide bonds. The molecule has 0 saturated heterocycles. The molecule has 1 heterocycles. The number of allylic oxidation sites excluding steroid dienone is 6. The van der Waals surface area contributed by atoms with Gasteiger partial charge in [-0.25, -0.2) is 4.79 Å². The normalized spacial score (nSPS) is 18.5. The predicted octanol–water partition coefficient (Wildman–Crippen LogP) is 5.64. The molecule has 0 aliphatic carbocycles. The van der Waals surface area contributed by atoms with Gasteiger partial charge in [0.25, 0.3) is 0 Å². The van der Waals surface area contributed by atoms with E-state index in [2.05, 4.69) is 45.9 Å². The van der Waals surface area contributed by atoms with E-state index in [1.165, 1.54) is 16.7 Å². The number of carbonyl (C=O) groups excluding carboxylic acids is 1. The van der Waals surface area contributed by atoms with Gasteiger partial charge in [0, 0.05) is 18.8 Å². The van der Waals surface area contributed by atoms with Crippen molar-refractivity contribution in [2.45, 2.75) is 72.5 Å². The third-order valence-electron chi connectivity index (χ3n) is 4.09. The zero-order valence-corrected chi connectivity index (χ0v) is 15.9. The zero-order valence-electron chi connectivity index (χ0n) is 15.9. The lowest BCUT2D eigenvalue weighted by Crippen LogP contribution is -2.13. The molecule has 0 radical (unpaired) electrons. The van der Waals surface area contributed by atoms with Crippen molar-refractivity contribution < 1.29 is 14.3 Å². The first-order chi connectivity index (χ1) is 11.4. The molecule has 24 heavy (non-hydrogen) atoms. The molecule has 1 rings (SSSR count). The van der Waals surface area contributed by atoms with Gasteiger partial charge >= 0.3 is 5.97 Å². The van der Waals surface area contributed by atoms with Crippen molar-refractivity contribution in [3.8, 4) is 0 Å². The number of ether oxygens (including phenoxy) is 2. The Hall–Kier alpha value is -1.61. The highest BCUT2D eigenvalue weighted by Gasteiger charge is 2.24. The van der Waals surface area contributed by atoms with Crippen LogP contribution in [-0.4, -0.2) is 19.4 Å². The highest BCUT2D eigenvalue weighted by molar-refractivity contribution is 5.85. The van der Waals surface area contributed by atoms with Crippen LogP contribution in [0.4, 0.5) is 0 Å². The van der Waals surface area contributed by atoms with Crippen molar-refractivity contribution in [1.29, 1.82) is 0 Å². The maximum Gasteiger partial charge on any atom is 0.333 e. The summed E-state index contributed by atoms with van der Waals surface area (Å²) in [5.41, 5.74) is 5.18. The van der Waals surface area contributed by atoms with Crippen molar-refractivity contribution in [2.24, 2.45) is 0 Å². The largest absolute Gasteiger partial charge is 0.428 e. The van der Waals surface area contributed by atoms with E-state index in [1.54, 1.807) is 13.2 Å². The first-order valence-corrected chi connectivity index (χ1v) is 8.81. The van der Waals surface area contributed by atoms with Gasteiger partial charge in [0.15, 0.2) is 0 Å². The van der Waals surface area contributed by atoms with Gasteiger partial charge in [0.05, 0.1) is 0 Å². The summed E-state index contributed by atoms with van der Waals surface area (Å²) in [6.45, 7) is 8.68. The lowest BCUT2D eigenvalue weighted by atomic mass is 10.0. The fraction of sp³-hybridized carbons (Fsp3) is 0.571. The van der Waals surface area contributed by atoms with E-state index in [4.69, 9.17) is 9.47 Å². The molecule has 0 aromatic rings. The highest BCUT2D eigenvalue weighted by Crippen LogP contribution is 2.22. The second kappa shape index (κ2) is 11.0. The molecule has 1 aliphatic heterocycles. The lowest BCUT2D eigenvalue weighted by molar-refractivity contribution is -0.155. The summed E-state index contributed by atoms with van der Waals surface area (Å²) in [5, 5.41) is 0. The van der Waals surface area contributed by atoms with E-state index in [9.17, 15) is 4.79 Å². The van der Waals surface area contributed by atoms with Crippen molar-refractivity contribution in [1.82, 2.24) is 0 Å². The fourth-order valence-electron chi connectivity index (χ4n) is 2.65. The minimum absolute atomic E-state index is 0.300. The summed E-state index contributed by atoms with van der Waals surface area (Å²) in [6.07, 6.45) is 14.1. The smallest absolute Gasteiger partial charge is 0.333 e. The molecule has 3 heteroatoms. The Morgan fingerprint density at radius 2 is 1.62 bits per heavy atom. The summed E-state index contributed by atoms with van der Waals surface area (Å²) < 4.78 is 10.2. The van der Waals surface area contributed by atoms with Crippen LogP contribution in [0.5, 0.6) is 0 Å². The number of hydrogen-bond donors (Lipinski definition) is 0. The van der Waals surface area contributed by atoms with Crippen LogP contribution in [0, 0.1) is 0 Å². The molecule has 0 aromatic carbocycles. The van der Waals surface area contributed by atoms with Gasteiger partial charge in [-0.15, -0.1) is 0 Å². The molecule has 1 aliphatic rings. The second-order valence-corrected chi connectivity index (χ2v) is 6.72. The molecule has 1 unspecified atom stereocenters. The number of rotatable bonds is 10. The predicted molar refractivity (Wildman–Crippen MR) is 99.6 cm³/mol. The van der Waals surface area contributed by atoms with Crippen molar-refractivity contribution in [3.63, 3.8) is 0 Å².